The fourth-order valence-electron chi connectivity index (χ4n) is 11.6. The number of aromatic nitrogens is 7. The van der Waals surface area contributed by atoms with Crippen LogP contribution in [0.4, 0.5) is 0 Å². The lowest BCUT2D eigenvalue weighted by Crippen LogP contribution is -2.03. The van der Waals surface area contributed by atoms with E-state index in [2.05, 4.69) is 185 Å². The zero-order chi connectivity index (χ0) is 52.0. The van der Waals surface area contributed by atoms with Crippen LogP contribution in [0.1, 0.15) is 0 Å². The van der Waals surface area contributed by atoms with Crippen molar-refractivity contribution in [2.45, 2.75) is 0 Å². The Hall–Kier alpha value is -10.8. The maximum atomic E-state index is 6.50. The molecular formula is C71H43N7O. The van der Waals surface area contributed by atoms with E-state index in [0.717, 1.165) is 127 Å². The van der Waals surface area contributed by atoms with Crippen LogP contribution in [0, 0.1) is 0 Å². The zero-order valence-electron chi connectivity index (χ0n) is 42.4. The van der Waals surface area contributed by atoms with Gasteiger partial charge in [0.1, 0.15) is 11.2 Å². The van der Waals surface area contributed by atoms with Crippen LogP contribution >= 0.6 is 0 Å². The highest BCUT2D eigenvalue weighted by Crippen LogP contribution is 2.42. The predicted octanol–water partition coefficient (Wildman–Crippen LogP) is 17.9. The fourth-order valence-corrected chi connectivity index (χ4v) is 11.6. The minimum absolute atomic E-state index is 0.597. The lowest BCUT2D eigenvalue weighted by molar-refractivity contribution is 0.669. The van der Waals surface area contributed by atoms with Gasteiger partial charge in [0.25, 0.3) is 0 Å². The van der Waals surface area contributed by atoms with Crippen molar-refractivity contribution in [3.8, 4) is 79.3 Å². The van der Waals surface area contributed by atoms with Gasteiger partial charge in [-0.15, -0.1) is 0 Å². The van der Waals surface area contributed by atoms with Crippen molar-refractivity contribution in [3.05, 3.63) is 261 Å². The first-order valence-electron chi connectivity index (χ1n) is 26.5. The number of fused-ring (bicyclic) bond motifs is 10. The molecule has 0 atom stereocenters. The van der Waals surface area contributed by atoms with E-state index in [9.17, 15) is 0 Å². The standard InChI is InChI=1S/C71H43N7O/c1-5-17-44(18-6-1)67-54-26-13-15-27-60(54)72-71(73-67)78-61-28-16-14-25-53(61)55-39-47(31-36-64(55)78)48-29-34-62-56(40-48)57-41-49(30-35-63(57)77(62)52-23-11-4-12-24-52)50-32-37-65-58(42-50)59-43-51(33-38-66(59)79-65)70-75-68(45-19-7-2-8-20-45)74-69(76-70)46-21-9-3-10-22-46/h1-43H. The molecule has 11 aromatic carbocycles. The van der Waals surface area contributed by atoms with Gasteiger partial charge in [-0.05, 0) is 113 Å². The molecule has 0 unspecified atom stereocenters. The maximum absolute atomic E-state index is 6.50. The fraction of sp³-hybridized carbons (Fsp3) is 0. The number of para-hydroxylation sites is 3. The van der Waals surface area contributed by atoms with Crippen molar-refractivity contribution >= 4 is 76.5 Å². The topological polar surface area (TPSA) is 87.5 Å². The lowest BCUT2D eigenvalue weighted by Gasteiger charge is -2.12. The number of hydrogen-bond donors (Lipinski definition) is 0. The minimum atomic E-state index is 0.597. The van der Waals surface area contributed by atoms with Gasteiger partial charge in [0, 0.05) is 65.6 Å². The van der Waals surface area contributed by atoms with Crippen LogP contribution in [-0.4, -0.2) is 34.1 Å². The predicted molar refractivity (Wildman–Crippen MR) is 321 cm³/mol. The molecule has 0 N–H and O–H groups in total. The summed E-state index contributed by atoms with van der Waals surface area (Å²) < 4.78 is 11.1. The third kappa shape index (κ3) is 7.41. The van der Waals surface area contributed by atoms with Gasteiger partial charge in [0.2, 0.25) is 5.95 Å². The molecule has 8 nitrogen and oxygen atoms in total. The van der Waals surface area contributed by atoms with E-state index < -0.39 is 0 Å². The molecule has 16 aromatic rings. The summed E-state index contributed by atoms with van der Waals surface area (Å²) in [6.07, 6.45) is 0. The van der Waals surface area contributed by atoms with Gasteiger partial charge < -0.3 is 8.98 Å². The molecule has 0 aliphatic carbocycles. The van der Waals surface area contributed by atoms with Crippen molar-refractivity contribution in [1.29, 1.82) is 0 Å². The van der Waals surface area contributed by atoms with Crippen molar-refractivity contribution in [3.63, 3.8) is 0 Å². The van der Waals surface area contributed by atoms with Crippen molar-refractivity contribution < 1.29 is 4.42 Å². The number of nitrogens with zero attached hydrogens (tertiary/aromatic N) is 7. The van der Waals surface area contributed by atoms with Crippen LogP contribution < -0.4 is 0 Å². The minimum Gasteiger partial charge on any atom is -0.456 e. The van der Waals surface area contributed by atoms with E-state index in [1.807, 2.05) is 84.9 Å². The Morgan fingerprint density at radius 2 is 0.658 bits per heavy atom. The van der Waals surface area contributed by atoms with E-state index >= 15 is 0 Å². The first kappa shape index (κ1) is 44.5. The van der Waals surface area contributed by atoms with Crippen LogP contribution in [0.2, 0.25) is 0 Å². The third-order valence-electron chi connectivity index (χ3n) is 15.4. The molecule has 0 spiro atoms. The molecule has 0 amide bonds. The summed E-state index contributed by atoms with van der Waals surface area (Å²) in [5.41, 5.74) is 17.1. The molecule has 0 aliphatic rings. The third-order valence-corrected chi connectivity index (χ3v) is 15.4. The number of hydrogen-bond acceptors (Lipinski definition) is 6. The number of benzene rings is 11. The molecule has 0 aliphatic heterocycles. The Morgan fingerprint density at radius 3 is 1.24 bits per heavy atom. The molecule has 0 fully saturated rings. The summed E-state index contributed by atoms with van der Waals surface area (Å²) in [5.74, 6) is 2.48. The molecule has 16 rings (SSSR count). The van der Waals surface area contributed by atoms with Crippen LogP contribution in [0.3, 0.4) is 0 Å². The Labute approximate surface area is 452 Å². The lowest BCUT2D eigenvalue weighted by atomic mass is 9.98. The molecule has 0 saturated heterocycles. The average molecular weight is 1010 g/mol. The van der Waals surface area contributed by atoms with Crippen molar-refractivity contribution in [1.82, 2.24) is 34.1 Å². The largest absolute Gasteiger partial charge is 0.456 e. The Balaban J connectivity index is 0.823. The van der Waals surface area contributed by atoms with Gasteiger partial charge in [0.15, 0.2) is 17.5 Å². The second-order valence-corrected chi connectivity index (χ2v) is 20.0. The second-order valence-electron chi connectivity index (χ2n) is 20.0. The van der Waals surface area contributed by atoms with Crippen LogP contribution in [-0.2, 0) is 0 Å². The Morgan fingerprint density at radius 1 is 0.253 bits per heavy atom. The molecule has 5 aromatic heterocycles. The van der Waals surface area contributed by atoms with E-state index in [-0.39, 0.29) is 0 Å². The number of furan rings is 1. The van der Waals surface area contributed by atoms with Gasteiger partial charge >= 0.3 is 0 Å². The summed E-state index contributed by atoms with van der Waals surface area (Å²) in [4.78, 5) is 25.5. The van der Waals surface area contributed by atoms with Crippen LogP contribution in [0.15, 0.2) is 265 Å². The summed E-state index contributed by atoms with van der Waals surface area (Å²) >= 11 is 0. The smallest absolute Gasteiger partial charge is 0.235 e. The first-order chi connectivity index (χ1) is 39.1. The highest BCUT2D eigenvalue weighted by atomic mass is 16.3. The SMILES string of the molecule is c1ccc(-c2nc(-c3ccccc3)nc(-c3ccc4oc5ccc(-c6ccc7c(c6)c6cc(-c8ccc9c(c8)c8ccccc8n9-c8nc(-c9ccccc9)c9ccccc9n8)ccc6n7-c6ccccc6)cc5c4c3)n2)cc1. The van der Waals surface area contributed by atoms with Crippen molar-refractivity contribution in [2.75, 3.05) is 0 Å². The quantitative estimate of drug-likeness (QED) is 0.151. The highest BCUT2D eigenvalue weighted by Gasteiger charge is 2.21. The van der Waals surface area contributed by atoms with E-state index in [1.165, 1.54) is 5.39 Å². The van der Waals surface area contributed by atoms with Gasteiger partial charge in [-0.2, -0.15) is 0 Å². The summed E-state index contributed by atoms with van der Waals surface area (Å²) in [6.45, 7) is 0. The van der Waals surface area contributed by atoms with Gasteiger partial charge in [0.05, 0.1) is 33.3 Å². The van der Waals surface area contributed by atoms with Gasteiger partial charge in [-0.1, -0.05) is 170 Å². The van der Waals surface area contributed by atoms with Gasteiger partial charge in [-0.3, -0.25) is 4.57 Å². The molecule has 79 heavy (non-hydrogen) atoms. The molecule has 0 saturated carbocycles. The monoisotopic (exact) mass is 1010 g/mol. The summed E-state index contributed by atoms with van der Waals surface area (Å²) in [5, 5.41) is 7.64. The molecule has 0 bridgehead atoms. The van der Waals surface area contributed by atoms with Crippen LogP contribution in [0.25, 0.3) is 156 Å². The Bertz CT molecular complexity index is 5010. The maximum Gasteiger partial charge on any atom is 0.235 e. The molecule has 368 valence electrons. The molecule has 8 heteroatoms. The Kier molecular flexibility index (Phi) is 10.1. The molecular weight excluding hydrogens is 967 g/mol. The van der Waals surface area contributed by atoms with Crippen molar-refractivity contribution in [2.24, 2.45) is 0 Å². The second kappa shape index (κ2) is 17.9. The zero-order valence-corrected chi connectivity index (χ0v) is 42.4. The molecule has 5 heterocycles. The summed E-state index contributed by atoms with van der Waals surface area (Å²) in [6, 6.07) is 91.3. The number of rotatable bonds is 8. The normalized spacial score (nSPS) is 11.8. The van der Waals surface area contributed by atoms with E-state index in [0.29, 0.717) is 23.4 Å². The van der Waals surface area contributed by atoms with Crippen LogP contribution in [0.5, 0.6) is 0 Å². The first-order valence-corrected chi connectivity index (χ1v) is 26.5. The van der Waals surface area contributed by atoms with E-state index in [1.54, 1.807) is 0 Å². The van der Waals surface area contributed by atoms with E-state index in [4.69, 9.17) is 29.3 Å². The molecule has 0 radical (unpaired) electrons. The average Bonchev–Trinajstić information content (AvgIpc) is 4.35. The highest BCUT2D eigenvalue weighted by molar-refractivity contribution is 6.14. The summed E-state index contributed by atoms with van der Waals surface area (Å²) in [7, 11) is 0. The van der Waals surface area contributed by atoms with Gasteiger partial charge in [-0.25, -0.2) is 24.9 Å².